The van der Waals surface area contributed by atoms with E-state index in [1.165, 1.54) is 12.4 Å². The van der Waals surface area contributed by atoms with E-state index in [1.807, 2.05) is 0 Å². The molecule has 0 aromatic rings. The first-order valence-corrected chi connectivity index (χ1v) is 3.25. The van der Waals surface area contributed by atoms with Gasteiger partial charge in [-0.15, -0.1) is 11.7 Å². The molecule has 4 N–H and O–H groups in total. The van der Waals surface area contributed by atoms with Gasteiger partial charge in [0.05, 0.1) is 23.2 Å². The summed E-state index contributed by atoms with van der Waals surface area (Å²) in [6, 6.07) is 0. The molecule has 2 unspecified atom stereocenters. The summed E-state index contributed by atoms with van der Waals surface area (Å²) < 4.78 is 0. The van der Waals surface area contributed by atoms with Gasteiger partial charge in [0.25, 0.3) is 0 Å². The third kappa shape index (κ3) is 2.86. The van der Waals surface area contributed by atoms with Crippen molar-refractivity contribution in [3.63, 3.8) is 0 Å². The monoisotopic (exact) mass is 186 g/mol. The van der Waals surface area contributed by atoms with E-state index >= 15 is 0 Å². The number of hydroxylamine groups is 2. The van der Waals surface area contributed by atoms with E-state index in [0.29, 0.717) is 0 Å². The first kappa shape index (κ1) is 11.6. The minimum absolute atomic E-state index is 0.860. The highest BCUT2D eigenvalue weighted by Crippen LogP contribution is 2.10. The van der Waals surface area contributed by atoms with Crippen molar-refractivity contribution in [1.29, 1.82) is 0 Å². The molecular formula is C6H14N6O+2. The lowest BCUT2D eigenvalue weighted by atomic mass is 11.0. The Balaban J connectivity index is 4.74. The Hall–Kier alpha value is -1.38. The Morgan fingerprint density at radius 1 is 1.00 bits per heavy atom. The molecule has 13 heavy (non-hydrogen) atoms. The van der Waals surface area contributed by atoms with E-state index < -0.39 is 9.73 Å². The molecule has 0 radical (unpaired) electrons. The van der Waals surface area contributed by atoms with Crippen LogP contribution in [0.4, 0.5) is 0 Å². The van der Waals surface area contributed by atoms with Gasteiger partial charge in [0.15, 0.2) is 12.4 Å². The van der Waals surface area contributed by atoms with E-state index in [0.717, 1.165) is 0 Å². The fraction of sp³-hybridized carbons (Fsp3) is 0. The summed E-state index contributed by atoms with van der Waals surface area (Å²) in [5, 5.41) is 6.83. The lowest BCUT2D eigenvalue weighted by Crippen LogP contribution is -2.57. The Bertz CT molecular complexity index is 197. The van der Waals surface area contributed by atoms with Crippen LogP contribution in [-0.2, 0) is 4.94 Å². The van der Waals surface area contributed by atoms with Crippen LogP contribution < -0.4 is 11.7 Å². The largest absolute Gasteiger partial charge is 0.178 e. The number of quaternary nitrogens is 2. The average molecular weight is 186 g/mol. The summed E-state index contributed by atoms with van der Waals surface area (Å²) in [5.41, 5.74) is 0. The van der Waals surface area contributed by atoms with Crippen LogP contribution in [-0.4, -0.2) is 23.2 Å². The van der Waals surface area contributed by atoms with E-state index in [2.05, 4.69) is 36.8 Å². The molecule has 0 aliphatic carbocycles. The van der Waals surface area contributed by atoms with Crippen molar-refractivity contribution in [2.45, 2.75) is 0 Å². The summed E-state index contributed by atoms with van der Waals surface area (Å²) in [6.07, 6.45) is 2.34. The quantitative estimate of drug-likeness (QED) is 0.259. The van der Waals surface area contributed by atoms with Gasteiger partial charge < -0.3 is 0 Å². The molecule has 0 heterocycles. The van der Waals surface area contributed by atoms with Crippen LogP contribution in [0.1, 0.15) is 0 Å². The second kappa shape index (κ2) is 4.03. The molecule has 7 heteroatoms. The van der Waals surface area contributed by atoms with Gasteiger partial charge in [-0.3, -0.25) is 0 Å². The Kier molecular flexibility index (Phi) is 3.60. The highest BCUT2D eigenvalue weighted by atomic mass is 17.0. The topological polar surface area (TPSA) is 86.0 Å². The number of hydrogen-bond acceptors (Lipinski definition) is 5. The highest BCUT2D eigenvalue weighted by molar-refractivity contribution is 5.21. The van der Waals surface area contributed by atoms with E-state index in [-0.39, 0.29) is 0 Å². The second-order valence-corrected chi connectivity index (χ2v) is 2.07. The molecule has 0 aromatic heterocycles. The van der Waals surface area contributed by atoms with E-state index in [9.17, 15) is 0 Å². The normalized spacial score (nSPS) is 19.2. The highest BCUT2D eigenvalue weighted by Gasteiger charge is 2.36. The molecule has 7 nitrogen and oxygen atoms in total. The van der Waals surface area contributed by atoms with Crippen LogP contribution in [0.5, 0.6) is 0 Å². The molecule has 0 fully saturated rings. The Morgan fingerprint density at radius 3 is 1.46 bits per heavy atom. The maximum Gasteiger partial charge on any atom is 0.178 e. The van der Waals surface area contributed by atoms with Crippen molar-refractivity contribution in [2.24, 2.45) is 21.9 Å². The predicted molar refractivity (Wildman–Crippen MR) is 49.5 cm³/mol. The Labute approximate surface area is 76.5 Å². The van der Waals surface area contributed by atoms with Gasteiger partial charge in [0, 0.05) is 0 Å². The standard InChI is InChI=1S/C6H14N6O/c1-5-11(7,9-3)13-12(8,6-2)10-4/h5-6H,1-4,7-8H2/q+2. The zero-order chi connectivity index (χ0) is 10.5. The lowest BCUT2D eigenvalue weighted by molar-refractivity contribution is -1.33. The van der Waals surface area contributed by atoms with Gasteiger partial charge in [-0.2, -0.15) is 0 Å². The predicted octanol–water partition coefficient (Wildman–Crippen LogP) is -0.268. The summed E-state index contributed by atoms with van der Waals surface area (Å²) >= 11 is 0. The molecule has 0 spiro atoms. The van der Waals surface area contributed by atoms with Crippen LogP contribution in [0.15, 0.2) is 35.8 Å². The maximum absolute atomic E-state index is 5.47. The molecule has 0 rings (SSSR count). The van der Waals surface area contributed by atoms with Crippen molar-refractivity contribution in [3.8, 4) is 0 Å². The third-order valence-corrected chi connectivity index (χ3v) is 1.23. The zero-order valence-corrected chi connectivity index (χ0v) is 7.33. The van der Waals surface area contributed by atoms with Gasteiger partial charge in [-0.1, -0.05) is 0 Å². The number of rotatable bonds is 6. The van der Waals surface area contributed by atoms with Crippen molar-refractivity contribution < 1.29 is 14.7 Å². The molecule has 2 atom stereocenters. The number of hydrogen-bond donors (Lipinski definition) is 2. The minimum atomic E-state index is -0.860. The van der Waals surface area contributed by atoms with Crippen LogP contribution in [0.25, 0.3) is 0 Å². The Morgan fingerprint density at radius 2 is 1.31 bits per heavy atom. The molecule has 0 bridgehead atoms. The molecule has 72 valence electrons. The van der Waals surface area contributed by atoms with Crippen LogP contribution in [0.3, 0.4) is 0 Å². The third-order valence-electron chi connectivity index (χ3n) is 1.23. The fourth-order valence-electron chi connectivity index (χ4n) is 0.443. The summed E-state index contributed by atoms with van der Waals surface area (Å²) in [4.78, 5) is 3.24. The van der Waals surface area contributed by atoms with Crippen LogP contribution in [0, 0.1) is 0 Å². The second-order valence-electron chi connectivity index (χ2n) is 2.07. The molecule has 0 aliphatic heterocycles. The fourth-order valence-corrected chi connectivity index (χ4v) is 0.443. The molecule has 0 saturated carbocycles. The minimum Gasteiger partial charge on any atom is -0.110 e. The maximum atomic E-state index is 5.47. The molecule has 0 aromatic carbocycles. The van der Waals surface area contributed by atoms with E-state index in [4.69, 9.17) is 16.6 Å². The van der Waals surface area contributed by atoms with Crippen LogP contribution >= 0.6 is 0 Å². The SMILES string of the molecule is C=C[N+](N)(N=C)O[N+](N)(C=C)N=C. The summed E-state index contributed by atoms with van der Waals surface area (Å²) in [5.74, 6) is 10.9. The average Bonchev–Trinajstić information content (AvgIpc) is 2.17. The van der Waals surface area contributed by atoms with Gasteiger partial charge in [-0.25, -0.2) is 0 Å². The van der Waals surface area contributed by atoms with Gasteiger partial charge in [0.1, 0.15) is 4.94 Å². The number of nitrogens with two attached hydrogens (primary N) is 2. The van der Waals surface area contributed by atoms with Crippen molar-refractivity contribution >= 4 is 13.4 Å². The van der Waals surface area contributed by atoms with Crippen molar-refractivity contribution in [3.05, 3.63) is 25.6 Å². The van der Waals surface area contributed by atoms with Gasteiger partial charge in [-0.05, 0) is 23.4 Å². The van der Waals surface area contributed by atoms with Crippen LogP contribution in [0.2, 0.25) is 0 Å². The summed E-state index contributed by atoms with van der Waals surface area (Å²) in [6.45, 7) is 13.2. The van der Waals surface area contributed by atoms with Crippen molar-refractivity contribution in [2.75, 3.05) is 0 Å². The summed E-state index contributed by atoms with van der Waals surface area (Å²) in [7, 11) is 0. The van der Waals surface area contributed by atoms with E-state index in [1.54, 1.807) is 0 Å². The molecular weight excluding hydrogens is 172 g/mol. The lowest BCUT2D eigenvalue weighted by Gasteiger charge is -2.21. The number of nitrogens with zero attached hydrogens (tertiary/aromatic N) is 4. The smallest absolute Gasteiger partial charge is 0.110 e. The van der Waals surface area contributed by atoms with Gasteiger partial charge in [0.2, 0.25) is 0 Å². The first-order valence-electron chi connectivity index (χ1n) is 3.25. The van der Waals surface area contributed by atoms with Gasteiger partial charge >= 0.3 is 0 Å². The first-order chi connectivity index (χ1) is 5.95. The molecule has 0 saturated heterocycles. The molecule has 0 amide bonds. The molecule has 0 aliphatic rings. The zero-order valence-electron chi connectivity index (χ0n) is 7.33. The van der Waals surface area contributed by atoms with Crippen molar-refractivity contribution in [1.82, 2.24) is 0 Å².